The van der Waals surface area contributed by atoms with E-state index in [4.69, 9.17) is 14.9 Å². The van der Waals surface area contributed by atoms with Crippen molar-refractivity contribution in [3.63, 3.8) is 0 Å². The Kier molecular flexibility index (Phi) is 6.99. The summed E-state index contributed by atoms with van der Waals surface area (Å²) >= 11 is 1.65. The van der Waals surface area contributed by atoms with Gasteiger partial charge in [0.15, 0.2) is 0 Å². The summed E-state index contributed by atoms with van der Waals surface area (Å²) in [5, 5.41) is 0. The van der Waals surface area contributed by atoms with Crippen LogP contribution in [0.1, 0.15) is 46.6 Å². The minimum atomic E-state index is -0.310. The van der Waals surface area contributed by atoms with Crippen LogP contribution in [0.3, 0.4) is 0 Å². The highest BCUT2D eigenvalue weighted by atomic mass is 32.2. The minimum absolute atomic E-state index is 0.00413. The van der Waals surface area contributed by atoms with Gasteiger partial charge in [0.2, 0.25) is 10.5 Å². The van der Waals surface area contributed by atoms with Crippen LogP contribution in [-0.4, -0.2) is 28.4 Å². The van der Waals surface area contributed by atoms with Crippen LogP contribution in [0.15, 0.2) is 23.1 Å². The second-order valence-corrected chi connectivity index (χ2v) is 7.99. The standard InChI is InChI=1S/C17H28NO2SSi/c1-12(10-17(5,20-22)16(2,3)4)19-11-13-8-7-9-14(21-6)15(13)18/h7-9,12H,10-11,18H2,1-6H3. The first kappa shape index (κ1) is 19.6. The van der Waals surface area contributed by atoms with E-state index in [0.717, 1.165) is 22.6 Å². The summed E-state index contributed by atoms with van der Waals surface area (Å²) in [6.45, 7) is 11.2. The molecule has 0 bridgehead atoms. The number of para-hydroxylation sites is 1. The normalized spacial score (nSPS) is 16.3. The first-order valence-electron chi connectivity index (χ1n) is 7.52. The highest BCUT2D eigenvalue weighted by molar-refractivity contribution is 7.98. The maximum absolute atomic E-state index is 6.17. The molecule has 1 aromatic carbocycles. The van der Waals surface area contributed by atoms with Gasteiger partial charge in [-0.1, -0.05) is 32.9 Å². The Labute approximate surface area is 142 Å². The lowest BCUT2D eigenvalue weighted by Gasteiger charge is -2.42. The molecule has 0 saturated heterocycles. The summed E-state index contributed by atoms with van der Waals surface area (Å²) in [7, 11) is 3.24. The zero-order valence-corrected chi connectivity index (χ0v) is 16.3. The molecule has 3 radical (unpaired) electrons. The first-order chi connectivity index (χ1) is 10.1. The third-order valence-electron chi connectivity index (χ3n) is 4.39. The maximum atomic E-state index is 6.17. The number of rotatable bonds is 7. The number of hydrogen-bond acceptors (Lipinski definition) is 4. The molecule has 0 spiro atoms. The van der Waals surface area contributed by atoms with E-state index in [0.29, 0.717) is 6.61 Å². The molecule has 123 valence electrons. The van der Waals surface area contributed by atoms with Gasteiger partial charge in [0.05, 0.1) is 24.0 Å². The van der Waals surface area contributed by atoms with Gasteiger partial charge in [-0.3, -0.25) is 0 Å². The average Bonchev–Trinajstić information content (AvgIpc) is 2.44. The van der Waals surface area contributed by atoms with E-state index < -0.39 is 0 Å². The number of nitrogen functional groups attached to an aromatic ring is 1. The van der Waals surface area contributed by atoms with Crippen molar-refractivity contribution in [3.05, 3.63) is 23.8 Å². The molecule has 0 aliphatic rings. The Bertz CT molecular complexity index is 490. The van der Waals surface area contributed by atoms with E-state index in [9.17, 15) is 0 Å². The van der Waals surface area contributed by atoms with E-state index in [-0.39, 0.29) is 17.1 Å². The summed E-state index contributed by atoms with van der Waals surface area (Å²) in [6.07, 6.45) is 2.89. The topological polar surface area (TPSA) is 44.5 Å². The van der Waals surface area contributed by atoms with Crippen molar-refractivity contribution >= 4 is 27.9 Å². The van der Waals surface area contributed by atoms with Crippen LogP contribution in [0.25, 0.3) is 0 Å². The predicted molar refractivity (Wildman–Crippen MR) is 96.2 cm³/mol. The zero-order valence-electron chi connectivity index (χ0n) is 14.5. The van der Waals surface area contributed by atoms with Crippen molar-refractivity contribution in [2.75, 3.05) is 12.0 Å². The van der Waals surface area contributed by atoms with E-state index in [2.05, 4.69) is 45.1 Å². The van der Waals surface area contributed by atoms with Crippen molar-refractivity contribution in [3.8, 4) is 0 Å². The van der Waals surface area contributed by atoms with Crippen LogP contribution < -0.4 is 5.73 Å². The van der Waals surface area contributed by atoms with Gasteiger partial charge in [-0.05, 0) is 31.6 Å². The second kappa shape index (κ2) is 7.86. The first-order valence-corrected chi connectivity index (χ1v) is 9.15. The number of anilines is 1. The smallest absolute Gasteiger partial charge is 0.247 e. The average molecular weight is 339 g/mol. The van der Waals surface area contributed by atoms with E-state index in [1.807, 2.05) is 24.5 Å². The Morgan fingerprint density at radius 1 is 1.27 bits per heavy atom. The minimum Gasteiger partial charge on any atom is -0.413 e. The third kappa shape index (κ3) is 4.75. The van der Waals surface area contributed by atoms with Gasteiger partial charge in [0.1, 0.15) is 0 Å². The summed E-state index contributed by atoms with van der Waals surface area (Å²) in [4.78, 5) is 1.09. The number of thioether (sulfide) groups is 1. The van der Waals surface area contributed by atoms with Crippen LogP contribution in [-0.2, 0) is 15.8 Å². The van der Waals surface area contributed by atoms with E-state index in [1.54, 1.807) is 11.8 Å². The fourth-order valence-electron chi connectivity index (χ4n) is 2.23. The van der Waals surface area contributed by atoms with Crippen molar-refractivity contribution in [2.45, 2.75) is 64.2 Å². The second-order valence-electron chi connectivity index (χ2n) is 6.94. The highest BCUT2D eigenvalue weighted by Crippen LogP contribution is 2.37. The summed E-state index contributed by atoms with van der Waals surface area (Å²) in [6, 6.07) is 6.07. The molecule has 2 N–H and O–H groups in total. The molecule has 2 unspecified atom stereocenters. The number of benzene rings is 1. The van der Waals surface area contributed by atoms with Crippen LogP contribution in [0.5, 0.6) is 0 Å². The number of ether oxygens (including phenoxy) is 1. The van der Waals surface area contributed by atoms with Gasteiger partial charge < -0.3 is 14.9 Å². The molecular weight excluding hydrogens is 310 g/mol. The molecule has 0 aromatic heterocycles. The lowest BCUT2D eigenvalue weighted by molar-refractivity contribution is -0.0661. The van der Waals surface area contributed by atoms with E-state index >= 15 is 0 Å². The Hall–Kier alpha value is -0.493. The molecule has 0 amide bonds. The molecule has 0 aliphatic heterocycles. The molecule has 0 saturated carbocycles. The van der Waals surface area contributed by atoms with Gasteiger partial charge in [-0.15, -0.1) is 11.8 Å². The molecule has 2 atom stereocenters. The summed E-state index contributed by atoms with van der Waals surface area (Å²) < 4.78 is 11.6. The maximum Gasteiger partial charge on any atom is 0.247 e. The fraction of sp³-hybridized carbons (Fsp3) is 0.647. The van der Waals surface area contributed by atoms with Crippen molar-refractivity contribution in [1.82, 2.24) is 0 Å². The molecular formula is C17H28NO2SSi. The van der Waals surface area contributed by atoms with Crippen molar-refractivity contribution in [1.29, 1.82) is 0 Å². The van der Waals surface area contributed by atoms with Crippen LogP contribution >= 0.6 is 11.8 Å². The van der Waals surface area contributed by atoms with E-state index in [1.165, 1.54) is 0 Å². The third-order valence-corrected chi connectivity index (χ3v) is 5.63. The van der Waals surface area contributed by atoms with Crippen molar-refractivity contribution in [2.24, 2.45) is 5.41 Å². The Morgan fingerprint density at radius 3 is 2.41 bits per heavy atom. The fourth-order valence-corrected chi connectivity index (χ4v) is 3.19. The van der Waals surface area contributed by atoms with Crippen LogP contribution in [0, 0.1) is 5.41 Å². The molecule has 1 rings (SSSR count). The molecule has 0 heterocycles. The highest BCUT2D eigenvalue weighted by Gasteiger charge is 2.38. The largest absolute Gasteiger partial charge is 0.413 e. The predicted octanol–water partition coefficient (Wildman–Crippen LogP) is 4.19. The number of hydrogen-bond donors (Lipinski definition) is 1. The summed E-state index contributed by atoms with van der Waals surface area (Å²) in [5.41, 5.74) is 7.72. The van der Waals surface area contributed by atoms with Gasteiger partial charge in [0.25, 0.3) is 0 Å². The van der Waals surface area contributed by atoms with Crippen LogP contribution in [0.4, 0.5) is 5.69 Å². The van der Waals surface area contributed by atoms with Gasteiger partial charge in [-0.2, -0.15) is 0 Å². The lowest BCUT2D eigenvalue weighted by atomic mass is 9.75. The van der Waals surface area contributed by atoms with Crippen LogP contribution in [0.2, 0.25) is 0 Å². The number of nitrogens with two attached hydrogens (primary N) is 1. The van der Waals surface area contributed by atoms with Crippen molar-refractivity contribution < 1.29 is 9.16 Å². The van der Waals surface area contributed by atoms with Gasteiger partial charge in [0, 0.05) is 16.9 Å². The Balaban J connectivity index is 2.69. The zero-order chi connectivity index (χ0) is 17.0. The Morgan fingerprint density at radius 2 is 1.91 bits per heavy atom. The quantitative estimate of drug-likeness (QED) is 0.460. The van der Waals surface area contributed by atoms with Gasteiger partial charge >= 0.3 is 0 Å². The molecule has 0 aliphatic carbocycles. The molecule has 22 heavy (non-hydrogen) atoms. The molecule has 1 aromatic rings. The summed E-state index contributed by atoms with van der Waals surface area (Å²) in [5.74, 6) is 0. The molecule has 3 nitrogen and oxygen atoms in total. The molecule has 0 fully saturated rings. The van der Waals surface area contributed by atoms with Gasteiger partial charge in [-0.25, -0.2) is 0 Å². The SMILES string of the molecule is CSc1cccc(COC(C)CC(C)(O[Si])C(C)(C)C)c1N. The monoisotopic (exact) mass is 338 g/mol. The molecule has 5 heteroatoms. The lowest BCUT2D eigenvalue weighted by Crippen LogP contribution is -2.44.